The first-order valence-corrected chi connectivity index (χ1v) is 4.96. The van der Waals surface area contributed by atoms with Crippen LogP contribution in [-0.2, 0) is 0 Å². The molecule has 6 nitrogen and oxygen atoms in total. The first kappa shape index (κ1) is 9.59. The second-order valence-electron chi connectivity index (χ2n) is 3.49. The molecule has 2 aromatic heterocycles. The highest BCUT2D eigenvalue weighted by Crippen LogP contribution is 2.20. The van der Waals surface area contributed by atoms with Gasteiger partial charge in [0.25, 0.3) is 5.56 Å². The minimum atomic E-state index is -0.429. The molecule has 0 saturated carbocycles. The van der Waals surface area contributed by atoms with Crippen LogP contribution in [0.15, 0.2) is 39.5 Å². The lowest BCUT2D eigenvalue weighted by molar-refractivity contribution is 0.614. The molecule has 6 heteroatoms. The molecule has 0 aliphatic rings. The number of H-pyrrole nitrogens is 1. The Balaban J connectivity index is 2.28. The summed E-state index contributed by atoms with van der Waals surface area (Å²) in [4.78, 5) is 21.9. The van der Waals surface area contributed by atoms with Gasteiger partial charge in [0.1, 0.15) is 0 Å². The van der Waals surface area contributed by atoms with Crippen molar-refractivity contribution in [3.8, 4) is 11.5 Å². The lowest BCUT2D eigenvalue weighted by atomic mass is 10.2. The van der Waals surface area contributed by atoms with Gasteiger partial charge in [0.05, 0.1) is 0 Å². The minimum Gasteiger partial charge on any atom is -0.428 e. The van der Waals surface area contributed by atoms with Gasteiger partial charge in [0.15, 0.2) is 0 Å². The molecule has 0 amide bonds. The second kappa shape index (κ2) is 3.44. The van der Waals surface area contributed by atoms with Crippen LogP contribution in [0.2, 0.25) is 0 Å². The molecule has 0 bridgehead atoms. The number of fused-ring (bicyclic) bond motifs is 1. The van der Waals surface area contributed by atoms with E-state index in [4.69, 9.17) is 10.2 Å². The number of hydrogen-bond donors (Lipinski definition) is 2. The van der Waals surface area contributed by atoms with Gasteiger partial charge in [-0.1, -0.05) is 18.2 Å². The summed E-state index contributed by atoms with van der Waals surface area (Å²) >= 11 is 0. The summed E-state index contributed by atoms with van der Waals surface area (Å²) in [5.41, 5.74) is 6.07. The van der Waals surface area contributed by atoms with Gasteiger partial charge >= 0.3 is 0 Å². The van der Waals surface area contributed by atoms with Gasteiger partial charge in [0.2, 0.25) is 23.1 Å². The molecule has 1 aromatic carbocycles. The van der Waals surface area contributed by atoms with Crippen molar-refractivity contribution in [2.75, 3.05) is 5.73 Å². The third-order valence-electron chi connectivity index (χ3n) is 2.30. The minimum absolute atomic E-state index is 0.0235. The highest BCUT2D eigenvalue weighted by Gasteiger charge is 2.12. The first-order chi connectivity index (χ1) is 8.24. The maximum atomic E-state index is 11.5. The number of rotatable bonds is 1. The number of nitrogens with one attached hydrogen (secondary N) is 1. The lowest BCUT2D eigenvalue weighted by Crippen LogP contribution is -2.09. The van der Waals surface area contributed by atoms with Crippen LogP contribution >= 0.6 is 0 Å². The van der Waals surface area contributed by atoms with Crippen molar-refractivity contribution in [1.82, 2.24) is 15.0 Å². The molecule has 0 saturated heterocycles. The molecule has 0 atom stereocenters. The molecule has 0 radical (unpaired) electrons. The number of aromatic nitrogens is 3. The smallest absolute Gasteiger partial charge is 0.297 e. The van der Waals surface area contributed by atoms with Gasteiger partial charge in [-0.2, -0.15) is 9.97 Å². The summed E-state index contributed by atoms with van der Waals surface area (Å²) in [5.74, 6) is 0.375. The van der Waals surface area contributed by atoms with E-state index in [9.17, 15) is 4.79 Å². The van der Waals surface area contributed by atoms with Crippen molar-refractivity contribution in [2.45, 2.75) is 0 Å². The van der Waals surface area contributed by atoms with Crippen LogP contribution in [0.1, 0.15) is 0 Å². The Kier molecular flexibility index (Phi) is 1.94. The number of benzene rings is 1. The molecule has 2 heterocycles. The second-order valence-corrected chi connectivity index (χ2v) is 3.49. The largest absolute Gasteiger partial charge is 0.428 e. The van der Waals surface area contributed by atoms with Crippen molar-refractivity contribution < 1.29 is 4.42 Å². The Hall–Kier alpha value is -2.63. The fourth-order valence-electron chi connectivity index (χ4n) is 1.56. The van der Waals surface area contributed by atoms with Crippen molar-refractivity contribution in [3.05, 3.63) is 40.7 Å². The van der Waals surface area contributed by atoms with Gasteiger partial charge in [-0.05, 0) is 12.1 Å². The summed E-state index contributed by atoms with van der Waals surface area (Å²) in [6.07, 6.45) is 0. The molecule has 17 heavy (non-hydrogen) atoms. The van der Waals surface area contributed by atoms with E-state index in [1.165, 1.54) is 0 Å². The van der Waals surface area contributed by atoms with Crippen LogP contribution in [0.5, 0.6) is 0 Å². The molecule has 0 aliphatic heterocycles. The predicted octanol–water partition coefficient (Wildman–Crippen LogP) is 1.16. The molecule has 3 N–H and O–H groups in total. The van der Waals surface area contributed by atoms with Gasteiger partial charge in [0, 0.05) is 5.56 Å². The zero-order valence-corrected chi connectivity index (χ0v) is 8.68. The summed E-state index contributed by atoms with van der Waals surface area (Å²) in [5, 5.41) is 0. The number of oxazole rings is 1. The average molecular weight is 228 g/mol. The van der Waals surface area contributed by atoms with E-state index in [0.29, 0.717) is 5.89 Å². The standard InChI is InChI=1S/C11H8N4O2/c12-11-14-8-7(9(16)15-11)17-10(13-8)6-4-2-1-3-5-6/h1-5H,(H3,12,14,15,16). The fraction of sp³-hybridized carbons (Fsp3) is 0. The topological polar surface area (TPSA) is 97.8 Å². The van der Waals surface area contributed by atoms with Crippen LogP contribution in [0.3, 0.4) is 0 Å². The Morgan fingerprint density at radius 3 is 2.71 bits per heavy atom. The molecule has 0 unspecified atom stereocenters. The van der Waals surface area contributed by atoms with Crippen LogP contribution in [0.4, 0.5) is 5.95 Å². The highest BCUT2D eigenvalue weighted by atomic mass is 16.4. The maximum Gasteiger partial charge on any atom is 0.297 e. The number of aromatic amines is 1. The van der Waals surface area contributed by atoms with Gasteiger partial charge < -0.3 is 10.2 Å². The Morgan fingerprint density at radius 1 is 1.18 bits per heavy atom. The van der Waals surface area contributed by atoms with E-state index in [0.717, 1.165) is 5.56 Å². The fourth-order valence-corrected chi connectivity index (χ4v) is 1.56. The monoisotopic (exact) mass is 228 g/mol. The highest BCUT2D eigenvalue weighted by molar-refractivity contribution is 5.72. The Bertz CT molecular complexity index is 730. The number of hydrogen-bond acceptors (Lipinski definition) is 5. The molecule has 3 rings (SSSR count). The zero-order chi connectivity index (χ0) is 11.8. The van der Waals surface area contributed by atoms with E-state index in [-0.39, 0.29) is 17.2 Å². The molecule has 84 valence electrons. The van der Waals surface area contributed by atoms with E-state index in [1.54, 1.807) is 0 Å². The molecular weight excluding hydrogens is 220 g/mol. The number of nitrogens with two attached hydrogens (primary N) is 1. The number of nitrogens with zero attached hydrogens (tertiary/aromatic N) is 2. The van der Waals surface area contributed by atoms with Crippen molar-refractivity contribution in [1.29, 1.82) is 0 Å². The van der Waals surface area contributed by atoms with Crippen LogP contribution in [-0.4, -0.2) is 15.0 Å². The van der Waals surface area contributed by atoms with Crippen molar-refractivity contribution >= 4 is 17.2 Å². The summed E-state index contributed by atoms with van der Waals surface area (Å²) < 4.78 is 5.37. The molecule has 0 spiro atoms. The van der Waals surface area contributed by atoms with Crippen LogP contribution < -0.4 is 11.3 Å². The SMILES string of the molecule is Nc1nc2nc(-c3ccccc3)oc2c(=O)[nH]1. The van der Waals surface area contributed by atoms with E-state index < -0.39 is 5.56 Å². The normalized spacial score (nSPS) is 10.8. The Labute approximate surface area is 95.1 Å². The summed E-state index contributed by atoms with van der Waals surface area (Å²) in [6, 6.07) is 9.27. The van der Waals surface area contributed by atoms with Gasteiger partial charge in [-0.3, -0.25) is 9.78 Å². The molecule has 0 aliphatic carbocycles. The molecule has 0 fully saturated rings. The summed E-state index contributed by atoms with van der Waals surface area (Å²) in [7, 11) is 0. The average Bonchev–Trinajstić information content (AvgIpc) is 2.74. The van der Waals surface area contributed by atoms with Crippen LogP contribution in [0, 0.1) is 0 Å². The van der Waals surface area contributed by atoms with Gasteiger partial charge in [-0.15, -0.1) is 0 Å². The van der Waals surface area contributed by atoms with Crippen molar-refractivity contribution in [2.24, 2.45) is 0 Å². The van der Waals surface area contributed by atoms with E-state index in [1.807, 2.05) is 30.3 Å². The summed E-state index contributed by atoms with van der Waals surface area (Å²) in [6.45, 7) is 0. The van der Waals surface area contributed by atoms with Crippen LogP contribution in [0.25, 0.3) is 22.7 Å². The van der Waals surface area contributed by atoms with E-state index >= 15 is 0 Å². The number of anilines is 1. The predicted molar refractivity (Wildman–Crippen MR) is 62.3 cm³/mol. The lowest BCUT2D eigenvalue weighted by Gasteiger charge is -1.91. The van der Waals surface area contributed by atoms with E-state index in [2.05, 4.69) is 15.0 Å². The third-order valence-corrected chi connectivity index (χ3v) is 2.30. The number of nitrogen functional groups attached to an aromatic ring is 1. The quantitative estimate of drug-likeness (QED) is 0.651. The molecular formula is C11H8N4O2. The third kappa shape index (κ3) is 1.55. The molecule has 3 aromatic rings. The van der Waals surface area contributed by atoms with Crippen molar-refractivity contribution in [3.63, 3.8) is 0 Å². The zero-order valence-electron chi connectivity index (χ0n) is 8.68. The Morgan fingerprint density at radius 2 is 1.94 bits per heavy atom. The first-order valence-electron chi connectivity index (χ1n) is 4.96. The maximum absolute atomic E-state index is 11.5. The van der Waals surface area contributed by atoms with Gasteiger partial charge in [-0.25, -0.2) is 0 Å².